The summed E-state index contributed by atoms with van der Waals surface area (Å²) in [6.45, 7) is 13.8. The lowest BCUT2D eigenvalue weighted by Gasteiger charge is -2.39. The van der Waals surface area contributed by atoms with Crippen molar-refractivity contribution in [1.29, 1.82) is 0 Å². The Morgan fingerprint density at radius 2 is 1.67 bits per heavy atom. The van der Waals surface area contributed by atoms with Crippen molar-refractivity contribution in [3.8, 4) is 0 Å². The van der Waals surface area contributed by atoms with Gasteiger partial charge >= 0.3 is 5.97 Å². The predicted molar refractivity (Wildman–Crippen MR) is 152 cm³/mol. The lowest BCUT2D eigenvalue weighted by Crippen LogP contribution is -2.41. The Morgan fingerprint density at radius 3 is 2.28 bits per heavy atom. The number of allylic oxidation sites excluding steroid dienone is 2. The van der Waals surface area contributed by atoms with Crippen LogP contribution >= 0.6 is 0 Å². The number of esters is 1. The number of benzene rings is 1. The number of carbonyl (C=O) groups is 2. The first-order valence-electron chi connectivity index (χ1n) is 14.1. The van der Waals surface area contributed by atoms with Gasteiger partial charge in [-0.3, -0.25) is 9.59 Å². The van der Waals surface area contributed by atoms with E-state index in [-0.39, 0.29) is 34.7 Å². The lowest BCUT2D eigenvalue weighted by molar-refractivity contribution is -0.140. The zero-order chi connectivity index (χ0) is 26.8. The summed E-state index contributed by atoms with van der Waals surface area (Å²) in [5.74, 6) is 0.287. The quantitative estimate of drug-likeness (QED) is 0.133. The molecule has 0 aliphatic heterocycles. The molecule has 0 radical (unpaired) electrons. The minimum atomic E-state index is -1.89. The van der Waals surface area contributed by atoms with Crippen molar-refractivity contribution in [2.75, 3.05) is 7.11 Å². The fourth-order valence-electron chi connectivity index (χ4n) is 4.73. The summed E-state index contributed by atoms with van der Waals surface area (Å²) in [4.78, 5) is 23.9. The summed E-state index contributed by atoms with van der Waals surface area (Å²) in [7, 11) is -0.453. The van der Waals surface area contributed by atoms with Gasteiger partial charge in [-0.15, -0.1) is 0 Å². The van der Waals surface area contributed by atoms with Crippen LogP contribution in [0.15, 0.2) is 36.4 Å². The highest BCUT2D eigenvalue weighted by Gasteiger charge is 2.39. The first kappa shape index (κ1) is 30.5. The van der Waals surface area contributed by atoms with Gasteiger partial charge in [0.2, 0.25) is 0 Å². The molecule has 1 aliphatic carbocycles. The van der Waals surface area contributed by atoms with Crippen LogP contribution in [0.1, 0.15) is 115 Å². The summed E-state index contributed by atoms with van der Waals surface area (Å²) < 4.78 is 11.6. The van der Waals surface area contributed by atoms with E-state index in [4.69, 9.17) is 9.16 Å². The Hall–Kier alpha value is -1.72. The van der Waals surface area contributed by atoms with Crippen molar-refractivity contribution >= 4 is 20.1 Å². The van der Waals surface area contributed by atoms with E-state index in [1.807, 2.05) is 0 Å². The maximum atomic E-state index is 12.6. The fraction of sp³-hybridized carbons (Fsp3) is 0.677. The van der Waals surface area contributed by atoms with Crippen molar-refractivity contribution in [1.82, 2.24) is 0 Å². The standard InChI is InChI=1S/C31H50O4Si/c1-8-9-12-16-29(35-36(6,7)31(2,3)4)25-20-18-24(19-21-25)26-22-23-28(32)27(26)15-13-10-11-14-17-30(33)34-5/h18-23,26-27,29H,8-17H2,1-7H3/t26-,27-,29?/m1/s1. The van der Waals surface area contributed by atoms with Crippen LogP contribution in [0.3, 0.4) is 0 Å². The Labute approximate surface area is 221 Å². The number of methoxy groups -OCH3 is 1. The van der Waals surface area contributed by atoms with Crippen molar-refractivity contribution in [3.63, 3.8) is 0 Å². The van der Waals surface area contributed by atoms with Gasteiger partial charge in [-0.2, -0.15) is 0 Å². The molecule has 2 rings (SSSR count). The van der Waals surface area contributed by atoms with E-state index >= 15 is 0 Å². The van der Waals surface area contributed by atoms with Crippen LogP contribution in [-0.4, -0.2) is 27.2 Å². The van der Waals surface area contributed by atoms with Crippen molar-refractivity contribution in [3.05, 3.63) is 47.5 Å². The van der Waals surface area contributed by atoms with E-state index in [1.165, 1.54) is 37.5 Å². The Balaban J connectivity index is 2.03. The molecule has 5 heteroatoms. The third-order valence-electron chi connectivity index (χ3n) is 8.15. The van der Waals surface area contributed by atoms with Gasteiger partial charge in [0.1, 0.15) is 0 Å². The van der Waals surface area contributed by atoms with E-state index in [0.29, 0.717) is 6.42 Å². The maximum absolute atomic E-state index is 12.6. The second kappa shape index (κ2) is 14.3. The molecular formula is C31H50O4Si. The van der Waals surface area contributed by atoms with Crippen molar-refractivity contribution in [2.24, 2.45) is 5.92 Å². The molecule has 4 nitrogen and oxygen atoms in total. The Bertz CT molecular complexity index is 850. The van der Waals surface area contributed by atoms with Crippen LogP contribution in [0.5, 0.6) is 0 Å². The zero-order valence-electron chi connectivity index (χ0n) is 23.9. The topological polar surface area (TPSA) is 52.6 Å². The summed E-state index contributed by atoms with van der Waals surface area (Å²) in [6.07, 6.45) is 13.9. The van der Waals surface area contributed by atoms with Crippen molar-refractivity contribution in [2.45, 2.75) is 122 Å². The normalized spacial score (nSPS) is 19.0. The molecule has 0 saturated carbocycles. The molecule has 36 heavy (non-hydrogen) atoms. The monoisotopic (exact) mass is 514 g/mol. The first-order valence-corrected chi connectivity index (χ1v) is 17.0. The molecule has 202 valence electrons. The number of rotatable bonds is 15. The molecule has 0 amide bonds. The molecule has 0 N–H and O–H groups in total. The van der Waals surface area contributed by atoms with Crippen LogP contribution in [0.2, 0.25) is 18.1 Å². The molecule has 1 aromatic rings. The average molecular weight is 515 g/mol. The van der Waals surface area contributed by atoms with Gasteiger partial charge in [0, 0.05) is 18.3 Å². The highest BCUT2D eigenvalue weighted by atomic mass is 28.4. The van der Waals surface area contributed by atoms with Gasteiger partial charge in [-0.05, 0) is 54.6 Å². The molecule has 0 aromatic heterocycles. The van der Waals surface area contributed by atoms with Gasteiger partial charge in [-0.1, -0.05) is 96.6 Å². The first-order chi connectivity index (χ1) is 17.0. The number of unbranched alkanes of at least 4 members (excludes halogenated alkanes) is 5. The number of hydrogen-bond donors (Lipinski definition) is 0. The molecule has 0 bridgehead atoms. The second-order valence-corrected chi connectivity index (χ2v) is 16.7. The summed E-state index contributed by atoms with van der Waals surface area (Å²) >= 11 is 0. The largest absolute Gasteiger partial charge is 0.469 e. The number of ether oxygens (including phenoxy) is 1. The highest BCUT2D eigenvalue weighted by molar-refractivity contribution is 6.74. The average Bonchev–Trinajstić information content (AvgIpc) is 3.20. The van der Waals surface area contributed by atoms with Gasteiger partial charge in [0.05, 0.1) is 13.2 Å². The van der Waals surface area contributed by atoms with Crippen LogP contribution in [0, 0.1) is 5.92 Å². The number of hydrogen-bond acceptors (Lipinski definition) is 4. The molecule has 1 aliphatic rings. The predicted octanol–water partition coefficient (Wildman–Crippen LogP) is 8.68. The Kier molecular flexibility index (Phi) is 12.1. The van der Waals surface area contributed by atoms with E-state index in [9.17, 15) is 9.59 Å². The molecule has 1 unspecified atom stereocenters. The highest BCUT2D eigenvalue weighted by Crippen LogP contribution is 2.42. The van der Waals surface area contributed by atoms with Crippen molar-refractivity contribution < 1.29 is 18.8 Å². The van der Waals surface area contributed by atoms with Crippen LogP contribution in [-0.2, 0) is 18.8 Å². The number of carbonyl (C=O) groups excluding carboxylic acids is 2. The Morgan fingerprint density at radius 1 is 1.00 bits per heavy atom. The lowest BCUT2D eigenvalue weighted by atomic mass is 9.84. The smallest absolute Gasteiger partial charge is 0.305 e. The van der Waals surface area contributed by atoms with Gasteiger partial charge in [-0.25, -0.2) is 0 Å². The van der Waals surface area contributed by atoms with Gasteiger partial charge in [0.25, 0.3) is 0 Å². The zero-order valence-corrected chi connectivity index (χ0v) is 24.9. The summed E-state index contributed by atoms with van der Waals surface area (Å²) in [5, 5.41) is 0.178. The SMILES string of the molecule is CCCCCC(O[Si](C)(C)C(C)(C)C)c1ccc([C@H]2C=CC(=O)[C@@H]2CCCCCCC(=O)OC)cc1. The minimum absolute atomic E-state index is 0.0280. The van der Waals surface area contributed by atoms with Crippen LogP contribution in [0.25, 0.3) is 0 Å². The molecule has 0 fully saturated rings. The third kappa shape index (κ3) is 8.99. The van der Waals surface area contributed by atoms with Gasteiger partial charge < -0.3 is 9.16 Å². The van der Waals surface area contributed by atoms with E-state index in [2.05, 4.69) is 71.1 Å². The molecule has 0 saturated heterocycles. The maximum Gasteiger partial charge on any atom is 0.305 e. The van der Waals surface area contributed by atoms with Crippen LogP contribution in [0.4, 0.5) is 0 Å². The number of ketones is 1. The molecule has 0 spiro atoms. The molecule has 1 aromatic carbocycles. The molecule has 0 heterocycles. The van der Waals surface area contributed by atoms with Crippen LogP contribution < -0.4 is 0 Å². The van der Waals surface area contributed by atoms with E-state index in [0.717, 1.165) is 38.5 Å². The summed E-state index contributed by atoms with van der Waals surface area (Å²) in [6, 6.07) is 8.90. The second-order valence-electron chi connectivity index (χ2n) is 12.0. The van der Waals surface area contributed by atoms with E-state index in [1.54, 1.807) is 6.08 Å². The fourth-order valence-corrected chi connectivity index (χ4v) is 6.05. The van der Waals surface area contributed by atoms with E-state index < -0.39 is 8.32 Å². The summed E-state index contributed by atoms with van der Waals surface area (Å²) in [5.41, 5.74) is 2.48. The van der Waals surface area contributed by atoms with Gasteiger partial charge in [0.15, 0.2) is 14.1 Å². The third-order valence-corrected chi connectivity index (χ3v) is 12.6. The minimum Gasteiger partial charge on any atom is -0.469 e. The molecule has 3 atom stereocenters. The molecular weight excluding hydrogens is 464 g/mol.